The Bertz CT molecular complexity index is 419. The molecular weight excluding hydrogens is 220 g/mol. The fourth-order valence-electron chi connectivity index (χ4n) is 3.96. The number of likely N-dealkylation sites (tertiary alicyclic amines) is 1. The lowest BCUT2D eigenvalue weighted by Crippen LogP contribution is -2.40. The number of rotatable bonds is 1. The van der Waals surface area contributed by atoms with E-state index in [1.54, 1.807) is 0 Å². The van der Waals surface area contributed by atoms with E-state index in [0.717, 1.165) is 18.3 Å². The van der Waals surface area contributed by atoms with Gasteiger partial charge in [0.25, 0.3) is 0 Å². The van der Waals surface area contributed by atoms with Crippen LogP contribution in [0.5, 0.6) is 0 Å². The average Bonchev–Trinajstić information content (AvgIpc) is 2.66. The summed E-state index contributed by atoms with van der Waals surface area (Å²) >= 11 is 0. The Morgan fingerprint density at radius 1 is 1.00 bits per heavy atom. The minimum absolute atomic E-state index is 0.235. The minimum atomic E-state index is 0.235. The number of piperidine rings is 1. The lowest BCUT2D eigenvalue weighted by Gasteiger charge is -2.39. The van der Waals surface area contributed by atoms with Crippen molar-refractivity contribution in [1.29, 1.82) is 0 Å². The van der Waals surface area contributed by atoms with Gasteiger partial charge >= 0.3 is 0 Å². The number of benzene rings is 1. The van der Waals surface area contributed by atoms with E-state index in [1.807, 2.05) is 0 Å². The smallest absolute Gasteiger partial charge is 0.0369 e. The van der Waals surface area contributed by atoms with E-state index < -0.39 is 0 Å². The molecule has 0 amide bonds. The maximum atomic E-state index is 6.29. The third-order valence-electron chi connectivity index (χ3n) is 4.57. The topological polar surface area (TPSA) is 29.3 Å². The Labute approximate surface area is 110 Å². The summed E-state index contributed by atoms with van der Waals surface area (Å²) in [4.78, 5) is 2.67. The van der Waals surface area contributed by atoms with Crippen LogP contribution in [-0.2, 0) is 0 Å². The molecule has 1 aliphatic carbocycles. The van der Waals surface area contributed by atoms with Crippen molar-refractivity contribution >= 4 is 0 Å². The lowest BCUT2D eigenvalue weighted by atomic mass is 9.90. The van der Waals surface area contributed by atoms with Crippen LogP contribution >= 0.6 is 0 Å². The van der Waals surface area contributed by atoms with E-state index >= 15 is 0 Å². The molecule has 3 rings (SSSR count). The summed E-state index contributed by atoms with van der Waals surface area (Å²) in [5, 5.41) is 0. The van der Waals surface area contributed by atoms with Gasteiger partial charge in [-0.25, -0.2) is 0 Å². The van der Waals surface area contributed by atoms with Crippen molar-refractivity contribution < 1.29 is 0 Å². The lowest BCUT2D eigenvalue weighted by molar-refractivity contribution is 0.0932. The number of fused-ring (bicyclic) bond motifs is 1. The van der Waals surface area contributed by atoms with Crippen LogP contribution in [0, 0.1) is 11.8 Å². The zero-order valence-electron chi connectivity index (χ0n) is 11.5. The molecule has 4 atom stereocenters. The van der Waals surface area contributed by atoms with Gasteiger partial charge in [0.05, 0.1) is 0 Å². The highest BCUT2D eigenvalue weighted by Crippen LogP contribution is 2.42. The molecule has 0 aromatic heterocycles. The molecular formula is C16H24N2. The molecule has 1 aromatic carbocycles. The van der Waals surface area contributed by atoms with Crippen LogP contribution in [0.25, 0.3) is 0 Å². The third-order valence-corrected chi connectivity index (χ3v) is 4.57. The number of nitrogens with two attached hydrogens (primary N) is 1. The molecule has 18 heavy (non-hydrogen) atoms. The second-order valence-corrected chi connectivity index (χ2v) is 6.39. The van der Waals surface area contributed by atoms with Crippen LogP contribution in [0.1, 0.15) is 49.9 Å². The van der Waals surface area contributed by atoms with E-state index in [0.29, 0.717) is 6.04 Å². The van der Waals surface area contributed by atoms with Gasteiger partial charge in [0.2, 0.25) is 0 Å². The summed E-state index contributed by atoms with van der Waals surface area (Å²) in [6.45, 7) is 7.22. The molecule has 1 saturated heterocycles. The fraction of sp³-hybridized carbons (Fsp3) is 0.625. The van der Waals surface area contributed by atoms with Gasteiger partial charge in [0.1, 0.15) is 0 Å². The largest absolute Gasteiger partial charge is 0.324 e. The molecule has 98 valence electrons. The van der Waals surface area contributed by atoms with Crippen molar-refractivity contribution in [2.45, 2.75) is 38.8 Å². The Morgan fingerprint density at radius 2 is 1.61 bits per heavy atom. The van der Waals surface area contributed by atoms with Gasteiger partial charge in [0, 0.05) is 25.2 Å². The van der Waals surface area contributed by atoms with E-state index in [4.69, 9.17) is 5.73 Å². The van der Waals surface area contributed by atoms with Crippen LogP contribution in [0.4, 0.5) is 0 Å². The molecule has 4 unspecified atom stereocenters. The van der Waals surface area contributed by atoms with Gasteiger partial charge in [0.15, 0.2) is 0 Å². The molecule has 1 aliphatic heterocycles. The van der Waals surface area contributed by atoms with E-state index in [2.05, 4.69) is 43.0 Å². The van der Waals surface area contributed by atoms with Gasteiger partial charge < -0.3 is 5.73 Å². The van der Waals surface area contributed by atoms with E-state index in [9.17, 15) is 0 Å². The summed E-state index contributed by atoms with van der Waals surface area (Å²) in [5.74, 6) is 1.63. The summed E-state index contributed by atoms with van der Waals surface area (Å²) in [5.41, 5.74) is 9.13. The molecule has 1 fully saturated rings. The van der Waals surface area contributed by atoms with Gasteiger partial charge in [-0.2, -0.15) is 0 Å². The van der Waals surface area contributed by atoms with Crippen LogP contribution < -0.4 is 5.73 Å². The van der Waals surface area contributed by atoms with Crippen LogP contribution in [0.2, 0.25) is 0 Å². The predicted octanol–water partition coefficient (Wildman–Crippen LogP) is 3.11. The first-order valence-electron chi connectivity index (χ1n) is 7.23. The van der Waals surface area contributed by atoms with Gasteiger partial charge in [-0.15, -0.1) is 0 Å². The van der Waals surface area contributed by atoms with Gasteiger partial charge in [-0.05, 0) is 35.8 Å². The predicted molar refractivity (Wildman–Crippen MR) is 75.2 cm³/mol. The average molecular weight is 244 g/mol. The Kier molecular flexibility index (Phi) is 3.16. The first kappa shape index (κ1) is 12.2. The molecule has 1 aromatic rings. The summed E-state index contributed by atoms with van der Waals surface area (Å²) in [6, 6.07) is 9.54. The van der Waals surface area contributed by atoms with Crippen LogP contribution in [-0.4, -0.2) is 18.0 Å². The van der Waals surface area contributed by atoms with Crippen molar-refractivity contribution in [2.24, 2.45) is 17.6 Å². The van der Waals surface area contributed by atoms with Crippen molar-refractivity contribution in [2.75, 3.05) is 13.1 Å². The highest BCUT2D eigenvalue weighted by Gasteiger charge is 2.35. The monoisotopic (exact) mass is 244 g/mol. The van der Waals surface area contributed by atoms with Crippen molar-refractivity contribution in [1.82, 2.24) is 4.90 Å². The SMILES string of the molecule is CC1CC(C)CN(C2CC(N)c3ccccc32)C1. The molecule has 0 saturated carbocycles. The van der Waals surface area contributed by atoms with E-state index in [1.165, 1.54) is 30.6 Å². The fourth-order valence-corrected chi connectivity index (χ4v) is 3.96. The quantitative estimate of drug-likeness (QED) is 0.822. The molecule has 1 heterocycles. The molecule has 2 N–H and O–H groups in total. The maximum Gasteiger partial charge on any atom is 0.0369 e. The van der Waals surface area contributed by atoms with Crippen molar-refractivity contribution in [3.8, 4) is 0 Å². The zero-order valence-corrected chi connectivity index (χ0v) is 11.5. The standard InChI is InChI=1S/C16H24N2/c1-11-7-12(2)10-18(9-11)16-8-15(17)13-5-3-4-6-14(13)16/h3-6,11-12,15-16H,7-10,17H2,1-2H3. The number of hydrogen-bond acceptors (Lipinski definition) is 2. The zero-order chi connectivity index (χ0) is 12.7. The summed E-state index contributed by atoms with van der Waals surface area (Å²) < 4.78 is 0. The second-order valence-electron chi connectivity index (χ2n) is 6.39. The van der Waals surface area contributed by atoms with Crippen molar-refractivity contribution in [3.05, 3.63) is 35.4 Å². The molecule has 2 heteroatoms. The third kappa shape index (κ3) is 2.08. The first-order valence-corrected chi connectivity index (χ1v) is 7.23. The van der Waals surface area contributed by atoms with Crippen LogP contribution in [0.3, 0.4) is 0 Å². The molecule has 2 aliphatic rings. The summed E-state index contributed by atoms with van der Waals surface area (Å²) in [6.07, 6.45) is 2.47. The normalized spacial score (nSPS) is 36.6. The van der Waals surface area contributed by atoms with Gasteiger partial charge in [-0.1, -0.05) is 38.1 Å². The van der Waals surface area contributed by atoms with Gasteiger partial charge in [-0.3, -0.25) is 4.90 Å². The Balaban J connectivity index is 1.86. The highest BCUT2D eigenvalue weighted by molar-refractivity contribution is 5.37. The molecule has 2 nitrogen and oxygen atoms in total. The first-order chi connectivity index (χ1) is 8.65. The van der Waals surface area contributed by atoms with Crippen molar-refractivity contribution in [3.63, 3.8) is 0 Å². The maximum absolute atomic E-state index is 6.29. The summed E-state index contributed by atoms with van der Waals surface area (Å²) in [7, 11) is 0. The minimum Gasteiger partial charge on any atom is -0.324 e. The number of hydrogen-bond donors (Lipinski definition) is 1. The number of nitrogens with zero attached hydrogens (tertiary/aromatic N) is 1. The van der Waals surface area contributed by atoms with E-state index in [-0.39, 0.29) is 6.04 Å². The molecule has 0 spiro atoms. The Morgan fingerprint density at radius 3 is 2.28 bits per heavy atom. The molecule has 0 radical (unpaired) electrons. The molecule has 0 bridgehead atoms. The Hall–Kier alpha value is -0.860. The second kappa shape index (κ2) is 4.67. The van der Waals surface area contributed by atoms with Crippen LogP contribution in [0.15, 0.2) is 24.3 Å². The highest BCUT2D eigenvalue weighted by atomic mass is 15.2.